The molecule has 0 aliphatic carbocycles. The highest BCUT2D eigenvalue weighted by atomic mass is 32.2. The number of benzene rings is 1. The molecule has 0 atom stereocenters. The third-order valence-electron chi connectivity index (χ3n) is 3.36. The van der Waals surface area contributed by atoms with Crippen molar-refractivity contribution < 1.29 is 13.2 Å². The number of carbonyl (C=O) groups is 1. The molecule has 0 spiro atoms. The van der Waals surface area contributed by atoms with Crippen LogP contribution in [0.3, 0.4) is 0 Å². The zero-order valence-corrected chi connectivity index (χ0v) is 15.0. The Morgan fingerprint density at radius 2 is 1.87 bits per heavy atom. The second-order valence-electron chi connectivity index (χ2n) is 5.56. The first-order valence-electron chi connectivity index (χ1n) is 7.62. The number of unbranched alkanes of at least 4 members (excludes halogenated alkanes) is 1. The van der Waals surface area contributed by atoms with E-state index in [-0.39, 0.29) is 11.4 Å². The Labute approximate surface area is 138 Å². The quantitative estimate of drug-likeness (QED) is 0.583. The Morgan fingerprint density at radius 1 is 1.26 bits per heavy atom. The van der Waals surface area contributed by atoms with E-state index in [1.807, 2.05) is 13.8 Å². The summed E-state index contributed by atoms with van der Waals surface area (Å²) in [4.78, 5) is 12.0. The predicted molar refractivity (Wildman–Crippen MR) is 91.8 cm³/mol. The van der Waals surface area contributed by atoms with E-state index in [1.165, 1.54) is 19.2 Å². The largest absolute Gasteiger partial charge is 0.272 e. The van der Waals surface area contributed by atoms with E-state index in [9.17, 15) is 13.2 Å². The predicted octanol–water partition coefficient (Wildman–Crippen LogP) is 2.30. The van der Waals surface area contributed by atoms with Crippen molar-refractivity contribution in [2.24, 2.45) is 5.10 Å². The van der Waals surface area contributed by atoms with Gasteiger partial charge in [-0.15, -0.1) is 0 Å². The molecule has 0 heterocycles. The van der Waals surface area contributed by atoms with Gasteiger partial charge >= 0.3 is 0 Å². The summed E-state index contributed by atoms with van der Waals surface area (Å²) < 4.78 is 25.8. The summed E-state index contributed by atoms with van der Waals surface area (Å²) in [5.74, 6) is -0.459. The van der Waals surface area contributed by atoms with Crippen LogP contribution in [0.1, 0.15) is 38.7 Å². The summed E-state index contributed by atoms with van der Waals surface area (Å²) in [6.45, 7) is 5.52. The van der Waals surface area contributed by atoms with E-state index < -0.39 is 15.9 Å². The van der Waals surface area contributed by atoms with Gasteiger partial charge in [-0.1, -0.05) is 31.0 Å². The minimum atomic E-state index is -3.68. The highest BCUT2D eigenvalue weighted by Crippen LogP contribution is 2.14. The van der Waals surface area contributed by atoms with Gasteiger partial charge in [0.1, 0.15) is 0 Å². The van der Waals surface area contributed by atoms with Crippen molar-refractivity contribution in [3.05, 3.63) is 29.8 Å². The van der Waals surface area contributed by atoms with E-state index in [2.05, 4.69) is 17.5 Å². The fourth-order valence-electron chi connectivity index (χ4n) is 1.86. The van der Waals surface area contributed by atoms with Crippen molar-refractivity contribution in [2.45, 2.75) is 44.9 Å². The van der Waals surface area contributed by atoms with Crippen LogP contribution in [0.5, 0.6) is 0 Å². The molecule has 1 rings (SSSR count). The van der Waals surface area contributed by atoms with Crippen LogP contribution in [0.2, 0.25) is 0 Å². The number of nitrogens with one attached hydrogen (secondary N) is 1. The minimum absolute atomic E-state index is 0.168. The van der Waals surface area contributed by atoms with Gasteiger partial charge in [0.15, 0.2) is 0 Å². The minimum Gasteiger partial charge on any atom is -0.272 e. The van der Waals surface area contributed by atoms with Crippen molar-refractivity contribution in [1.82, 2.24) is 9.73 Å². The number of hydrogen-bond acceptors (Lipinski definition) is 4. The van der Waals surface area contributed by atoms with E-state index in [4.69, 9.17) is 0 Å². The molecular formula is C16H25N3O3S. The van der Waals surface area contributed by atoms with Crippen LogP contribution in [0, 0.1) is 6.92 Å². The van der Waals surface area contributed by atoms with Crippen LogP contribution in [0.25, 0.3) is 0 Å². The number of likely N-dealkylation sites (N-methyl/N-ethyl adjacent to an activating group) is 1. The number of amides is 1. The van der Waals surface area contributed by atoms with Gasteiger partial charge in [0, 0.05) is 12.8 Å². The van der Waals surface area contributed by atoms with E-state index in [0.717, 1.165) is 34.8 Å². The van der Waals surface area contributed by atoms with E-state index in [1.54, 1.807) is 12.1 Å². The van der Waals surface area contributed by atoms with E-state index in [0.29, 0.717) is 0 Å². The lowest BCUT2D eigenvalue weighted by Crippen LogP contribution is -2.36. The Hall–Kier alpha value is -1.73. The summed E-state index contributed by atoms with van der Waals surface area (Å²) >= 11 is 0. The number of nitrogens with zero attached hydrogens (tertiary/aromatic N) is 2. The Kier molecular flexibility index (Phi) is 7.38. The Bertz CT molecular complexity index is 652. The van der Waals surface area contributed by atoms with Crippen molar-refractivity contribution >= 4 is 21.6 Å². The van der Waals surface area contributed by atoms with E-state index >= 15 is 0 Å². The van der Waals surface area contributed by atoms with Crippen molar-refractivity contribution in [2.75, 3.05) is 13.6 Å². The molecule has 0 aliphatic heterocycles. The molecule has 7 heteroatoms. The molecule has 0 saturated heterocycles. The number of hydrazone groups is 1. The second-order valence-corrected chi connectivity index (χ2v) is 7.60. The zero-order chi connectivity index (χ0) is 17.5. The van der Waals surface area contributed by atoms with Gasteiger partial charge < -0.3 is 0 Å². The van der Waals surface area contributed by atoms with Gasteiger partial charge in [0.2, 0.25) is 10.0 Å². The van der Waals surface area contributed by atoms with Gasteiger partial charge in [-0.3, -0.25) is 4.79 Å². The highest BCUT2D eigenvalue weighted by molar-refractivity contribution is 7.89. The molecule has 0 unspecified atom stereocenters. The van der Waals surface area contributed by atoms with Gasteiger partial charge in [0.05, 0.1) is 11.4 Å². The monoisotopic (exact) mass is 339 g/mol. The van der Waals surface area contributed by atoms with Gasteiger partial charge in [-0.2, -0.15) is 9.41 Å². The maximum atomic E-state index is 12.4. The summed E-state index contributed by atoms with van der Waals surface area (Å²) in [5.41, 5.74) is 4.19. The molecule has 1 amide bonds. The molecule has 0 bridgehead atoms. The zero-order valence-electron chi connectivity index (χ0n) is 14.2. The van der Waals surface area contributed by atoms with Gasteiger partial charge in [-0.25, -0.2) is 13.8 Å². The number of rotatable bonds is 8. The smallest absolute Gasteiger partial charge is 0.255 e. The van der Waals surface area contributed by atoms with Crippen LogP contribution in [0.15, 0.2) is 34.3 Å². The fraction of sp³-hybridized carbons (Fsp3) is 0.500. The number of hydrogen-bond donors (Lipinski definition) is 1. The molecule has 1 aromatic carbocycles. The number of carbonyl (C=O) groups excluding carboxylic acids is 1. The lowest BCUT2D eigenvalue weighted by atomic mass is 10.2. The van der Waals surface area contributed by atoms with Gasteiger partial charge in [0.25, 0.3) is 5.91 Å². The first-order chi connectivity index (χ1) is 10.8. The summed E-state index contributed by atoms with van der Waals surface area (Å²) in [5, 5.41) is 3.98. The van der Waals surface area contributed by atoms with Crippen molar-refractivity contribution in [1.29, 1.82) is 0 Å². The second kappa shape index (κ2) is 8.79. The average molecular weight is 339 g/mol. The molecule has 1 aromatic rings. The van der Waals surface area contributed by atoms with Crippen LogP contribution in [0.4, 0.5) is 0 Å². The SMILES string of the molecule is CCCC/C(C)=N\NC(=O)CN(C)S(=O)(=O)c1ccc(C)cc1. The molecule has 128 valence electrons. The third kappa shape index (κ3) is 6.11. The Balaban J connectivity index is 2.65. The fourth-order valence-corrected chi connectivity index (χ4v) is 2.99. The van der Waals surface area contributed by atoms with Crippen molar-refractivity contribution in [3.63, 3.8) is 0 Å². The average Bonchev–Trinajstić information content (AvgIpc) is 2.51. The summed E-state index contributed by atoms with van der Waals surface area (Å²) in [6, 6.07) is 6.52. The molecule has 0 radical (unpaired) electrons. The van der Waals surface area contributed by atoms with Crippen LogP contribution in [-0.4, -0.2) is 37.9 Å². The molecule has 23 heavy (non-hydrogen) atoms. The molecule has 0 aromatic heterocycles. The first-order valence-corrected chi connectivity index (χ1v) is 9.06. The molecule has 0 fully saturated rings. The molecule has 1 N–H and O–H groups in total. The molecular weight excluding hydrogens is 314 g/mol. The molecule has 0 saturated carbocycles. The standard InChI is InChI=1S/C16H25N3O3S/c1-5-6-7-14(3)17-18-16(20)12-19(4)23(21,22)15-10-8-13(2)9-11-15/h8-11H,5-7,12H2,1-4H3,(H,18,20)/b17-14-. The first kappa shape index (κ1) is 19.3. The Morgan fingerprint density at radius 3 is 2.43 bits per heavy atom. The third-order valence-corrected chi connectivity index (χ3v) is 5.18. The maximum Gasteiger partial charge on any atom is 0.255 e. The summed E-state index contributed by atoms with van der Waals surface area (Å²) in [6.07, 6.45) is 2.87. The molecule has 0 aliphatic rings. The lowest BCUT2D eigenvalue weighted by Gasteiger charge is -2.16. The van der Waals surface area contributed by atoms with Gasteiger partial charge in [-0.05, 0) is 38.8 Å². The number of aryl methyl sites for hydroxylation is 1. The normalized spacial score (nSPS) is 12.5. The highest BCUT2D eigenvalue weighted by Gasteiger charge is 2.22. The lowest BCUT2D eigenvalue weighted by molar-refractivity contribution is -0.121. The van der Waals surface area contributed by atoms with Crippen LogP contribution < -0.4 is 5.43 Å². The molecule has 6 nitrogen and oxygen atoms in total. The number of sulfonamides is 1. The van der Waals surface area contributed by atoms with Crippen molar-refractivity contribution in [3.8, 4) is 0 Å². The summed E-state index contributed by atoms with van der Waals surface area (Å²) in [7, 11) is -2.30. The van der Waals surface area contributed by atoms with Crippen LogP contribution in [-0.2, 0) is 14.8 Å². The maximum absolute atomic E-state index is 12.4. The topological polar surface area (TPSA) is 78.8 Å². The van der Waals surface area contributed by atoms with Crippen LogP contribution >= 0.6 is 0 Å².